The summed E-state index contributed by atoms with van der Waals surface area (Å²) in [5, 5.41) is 3.39. The van der Waals surface area contributed by atoms with Crippen LogP contribution in [0.25, 0.3) is 0 Å². The van der Waals surface area contributed by atoms with Gasteiger partial charge in [0.25, 0.3) is 0 Å². The van der Waals surface area contributed by atoms with Gasteiger partial charge in [-0.3, -0.25) is 0 Å². The topological polar surface area (TPSA) is 12.0 Å². The molecule has 0 saturated heterocycles. The van der Waals surface area contributed by atoms with Gasteiger partial charge in [-0.1, -0.05) is 12.1 Å². The second-order valence-electron chi connectivity index (χ2n) is 3.89. The van der Waals surface area contributed by atoms with Crippen molar-refractivity contribution in [3.63, 3.8) is 0 Å². The first-order valence-corrected chi connectivity index (χ1v) is 5.66. The number of hydrogen-bond acceptors (Lipinski definition) is 1. The molecule has 1 N–H and O–H groups in total. The maximum absolute atomic E-state index is 12.7. The summed E-state index contributed by atoms with van der Waals surface area (Å²) in [6.45, 7) is 3.02. The van der Waals surface area contributed by atoms with Gasteiger partial charge in [0.2, 0.25) is 0 Å². The van der Waals surface area contributed by atoms with Crippen LogP contribution in [0, 0.1) is 18.2 Å². The normalized spacial score (nSPS) is 12.1. The van der Waals surface area contributed by atoms with Gasteiger partial charge in [0, 0.05) is 12.5 Å². The molecule has 16 heavy (non-hydrogen) atoms. The van der Waals surface area contributed by atoms with Gasteiger partial charge in [0.15, 0.2) is 0 Å². The fourth-order valence-electron chi connectivity index (χ4n) is 1.54. The number of terminal acetylenes is 1. The van der Waals surface area contributed by atoms with Gasteiger partial charge in [-0.15, -0.1) is 12.3 Å². The fourth-order valence-corrected chi connectivity index (χ4v) is 1.54. The Morgan fingerprint density at radius 2 is 2.00 bits per heavy atom. The third-order valence-electron chi connectivity index (χ3n) is 2.57. The highest BCUT2D eigenvalue weighted by molar-refractivity contribution is 5.19. The molecule has 1 aromatic rings. The molecule has 1 nitrogen and oxygen atoms in total. The molecule has 1 rings (SSSR count). The Bertz CT molecular complexity index is 337. The average molecular weight is 219 g/mol. The number of hydrogen-bond donors (Lipinski definition) is 1. The molecule has 0 spiro atoms. The molecule has 0 saturated carbocycles. The Morgan fingerprint density at radius 1 is 1.31 bits per heavy atom. The van der Waals surface area contributed by atoms with Gasteiger partial charge < -0.3 is 5.32 Å². The minimum Gasteiger partial charge on any atom is -0.310 e. The van der Waals surface area contributed by atoms with Gasteiger partial charge >= 0.3 is 0 Å². The lowest BCUT2D eigenvalue weighted by molar-refractivity contribution is 0.547. The summed E-state index contributed by atoms with van der Waals surface area (Å²) >= 11 is 0. The Hall–Kier alpha value is -1.33. The monoisotopic (exact) mass is 219 g/mol. The summed E-state index contributed by atoms with van der Waals surface area (Å²) in [4.78, 5) is 0. The van der Waals surface area contributed by atoms with Crippen LogP contribution in [0.15, 0.2) is 24.3 Å². The predicted octanol–water partition coefficient (Wildman–Crippen LogP) is 3.28. The summed E-state index contributed by atoms with van der Waals surface area (Å²) in [6, 6.07) is 6.87. The lowest BCUT2D eigenvalue weighted by atomic mass is 10.1. The van der Waals surface area contributed by atoms with E-state index in [1.54, 1.807) is 0 Å². The fraction of sp³-hybridized carbons (Fsp3) is 0.429. The second-order valence-corrected chi connectivity index (χ2v) is 3.89. The van der Waals surface area contributed by atoms with Gasteiger partial charge in [0.05, 0.1) is 0 Å². The van der Waals surface area contributed by atoms with Crippen molar-refractivity contribution < 1.29 is 4.39 Å². The van der Waals surface area contributed by atoms with E-state index >= 15 is 0 Å². The molecular formula is C14H18FN. The molecule has 0 radical (unpaired) electrons. The van der Waals surface area contributed by atoms with E-state index in [1.165, 1.54) is 12.1 Å². The Kier molecular flexibility index (Phi) is 5.60. The highest BCUT2D eigenvalue weighted by Gasteiger charge is 2.03. The van der Waals surface area contributed by atoms with Crippen molar-refractivity contribution in [2.75, 3.05) is 6.54 Å². The quantitative estimate of drug-likeness (QED) is 0.572. The zero-order chi connectivity index (χ0) is 11.8. The summed E-state index contributed by atoms with van der Waals surface area (Å²) < 4.78 is 12.7. The van der Waals surface area contributed by atoms with Crippen LogP contribution >= 0.6 is 0 Å². The van der Waals surface area contributed by atoms with Gasteiger partial charge in [-0.25, -0.2) is 4.39 Å². The van der Waals surface area contributed by atoms with E-state index in [2.05, 4.69) is 18.2 Å². The summed E-state index contributed by atoms with van der Waals surface area (Å²) in [5.74, 6) is 2.43. The molecule has 0 aliphatic carbocycles. The minimum absolute atomic E-state index is 0.190. The number of rotatable bonds is 6. The molecular weight excluding hydrogens is 201 g/mol. The molecule has 0 bridgehead atoms. The van der Waals surface area contributed by atoms with Crippen LogP contribution in [0.1, 0.15) is 37.8 Å². The van der Waals surface area contributed by atoms with E-state index in [9.17, 15) is 4.39 Å². The van der Waals surface area contributed by atoms with E-state index < -0.39 is 0 Å². The molecule has 1 aromatic carbocycles. The molecule has 2 heteroatoms. The maximum Gasteiger partial charge on any atom is 0.123 e. The Labute approximate surface area is 97.1 Å². The van der Waals surface area contributed by atoms with Crippen molar-refractivity contribution in [3.8, 4) is 12.3 Å². The highest BCUT2D eigenvalue weighted by atomic mass is 19.1. The molecule has 0 fully saturated rings. The van der Waals surface area contributed by atoms with E-state index in [0.717, 1.165) is 31.4 Å². The van der Waals surface area contributed by atoms with Crippen LogP contribution in [0.4, 0.5) is 4.39 Å². The number of benzene rings is 1. The molecule has 0 amide bonds. The maximum atomic E-state index is 12.7. The van der Waals surface area contributed by atoms with Crippen molar-refractivity contribution >= 4 is 0 Å². The predicted molar refractivity (Wildman–Crippen MR) is 65.5 cm³/mol. The van der Waals surface area contributed by atoms with E-state index in [4.69, 9.17) is 6.42 Å². The third kappa shape index (κ3) is 4.46. The second kappa shape index (κ2) is 7.03. The van der Waals surface area contributed by atoms with Gasteiger partial charge in [0.1, 0.15) is 5.82 Å². The van der Waals surface area contributed by atoms with Crippen LogP contribution < -0.4 is 5.32 Å². The first-order valence-electron chi connectivity index (χ1n) is 5.66. The van der Waals surface area contributed by atoms with Crippen molar-refractivity contribution in [3.05, 3.63) is 35.6 Å². The lowest BCUT2D eigenvalue weighted by Gasteiger charge is -2.13. The van der Waals surface area contributed by atoms with Gasteiger partial charge in [-0.2, -0.15) is 0 Å². The molecule has 0 aromatic heterocycles. The smallest absolute Gasteiger partial charge is 0.123 e. The van der Waals surface area contributed by atoms with Crippen LogP contribution in [0.5, 0.6) is 0 Å². The zero-order valence-electron chi connectivity index (χ0n) is 9.67. The van der Waals surface area contributed by atoms with Crippen LogP contribution in [0.2, 0.25) is 0 Å². The van der Waals surface area contributed by atoms with E-state index in [-0.39, 0.29) is 11.9 Å². The standard InChI is InChI=1S/C14H18FN/c1-3-4-5-6-11-16-12(2)13-7-9-14(15)10-8-13/h1,7-10,12,16H,4-6,11H2,2H3. The third-order valence-corrected chi connectivity index (χ3v) is 2.57. The van der Waals surface area contributed by atoms with Crippen LogP contribution in [0.3, 0.4) is 0 Å². The van der Waals surface area contributed by atoms with Crippen molar-refractivity contribution in [2.24, 2.45) is 0 Å². The van der Waals surface area contributed by atoms with Crippen molar-refractivity contribution in [1.29, 1.82) is 0 Å². The summed E-state index contributed by atoms with van der Waals surface area (Å²) in [5.41, 5.74) is 1.11. The molecule has 1 unspecified atom stereocenters. The largest absolute Gasteiger partial charge is 0.310 e. The number of halogens is 1. The summed E-state index contributed by atoms with van der Waals surface area (Å²) in [6.07, 6.45) is 8.14. The SMILES string of the molecule is C#CCCCCNC(C)c1ccc(F)cc1. The molecule has 86 valence electrons. The van der Waals surface area contributed by atoms with Crippen molar-refractivity contribution in [2.45, 2.75) is 32.2 Å². The summed E-state index contributed by atoms with van der Waals surface area (Å²) in [7, 11) is 0. The Balaban J connectivity index is 2.27. The minimum atomic E-state index is -0.190. The first kappa shape index (κ1) is 12.7. The molecule has 1 atom stereocenters. The van der Waals surface area contributed by atoms with Gasteiger partial charge in [-0.05, 0) is 44.0 Å². The Morgan fingerprint density at radius 3 is 2.62 bits per heavy atom. The van der Waals surface area contributed by atoms with Crippen LogP contribution in [-0.4, -0.2) is 6.54 Å². The van der Waals surface area contributed by atoms with Crippen LogP contribution in [-0.2, 0) is 0 Å². The average Bonchev–Trinajstić information content (AvgIpc) is 2.29. The lowest BCUT2D eigenvalue weighted by Crippen LogP contribution is -2.19. The number of unbranched alkanes of at least 4 members (excludes halogenated alkanes) is 2. The molecule has 0 heterocycles. The van der Waals surface area contributed by atoms with Crippen molar-refractivity contribution in [1.82, 2.24) is 5.32 Å². The zero-order valence-corrected chi connectivity index (χ0v) is 9.67. The van der Waals surface area contributed by atoms with E-state index in [0.29, 0.717) is 0 Å². The molecule has 0 aliphatic heterocycles. The molecule has 0 aliphatic rings. The number of nitrogens with one attached hydrogen (secondary N) is 1. The first-order chi connectivity index (χ1) is 7.74. The highest BCUT2D eigenvalue weighted by Crippen LogP contribution is 2.12. The van der Waals surface area contributed by atoms with E-state index in [1.807, 2.05) is 12.1 Å².